The Morgan fingerprint density at radius 1 is 0.973 bits per heavy atom. The van der Waals surface area contributed by atoms with E-state index < -0.39 is 13.7 Å². The zero-order valence-electron chi connectivity index (χ0n) is 21.9. The van der Waals surface area contributed by atoms with Crippen molar-refractivity contribution in [2.75, 3.05) is 5.01 Å². The first-order valence-electron chi connectivity index (χ1n) is 13.0. The second-order valence-electron chi connectivity index (χ2n) is 11.2. The first-order valence-corrected chi connectivity index (χ1v) is 15.3. The Labute approximate surface area is 225 Å². The third-order valence-corrected chi connectivity index (χ3v) is 13.5. The number of carbonyl (C=O) groups excluding carboxylic acids is 1. The van der Waals surface area contributed by atoms with Crippen molar-refractivity contribution in [1.82, 2.24) is 4.98 Å². The summed E-state index contributed by atoms with van der Waals surface area (Å²) in [7, 11) is -2.65. The smallest absolute Gasteiger partial charge is 0.261 e. The van der Waals surface area contributed by atoms with Gasteiger partial charge in [0.15, 0.2) is 0 Å². The van der Waals surface area contributed by atoms with Gasteiger partial charge in [-0.1, -0.05) is 93.0 Å². The summed E-state index contributed by atoms with van der Waals surface area (Å²) in [4.78, 5) is 17.8. The third kappa shape index (κ3) is 4.35. The molecule has 1 saturated carbocycles. The van der Waals surface area contributed by atoms with Crippen LogP contribution in [-0.2, 0) is 9.22 Å². The molecule has 1 spiro atoms. The van der Waals surface area contributed by atoms with E-state index >= 15 is 0 Å². The molecular formula is C30H34ClN3O2Si. The lowest BCUT2D eigenvalue weighted by Gasteiger charge is -2.47. The van der Waals surface area contributed by atoms with Gasteiger partial charge in [0.05, 0.1) is 21.8 Å². The summed E-state index contributed by atoms with van der Waals surface area (Å²) in [5.41, 5.74) is 0.843. The molecule has 0 unspecified atom stereocenters. The van der Waals surface area contributed by atoms with E-state index in [0.29, 0.717) is 23.6 Å². The summed E-state index contributed by atoms with van der Waals surface area (Å²) in [6, 6.07) is 23.2. The van der Waals surface area contributed by atoms with E-state index in [1.165, 1.54) is 15.4 Å². The molecule has 3 aromatic rings. The molecule has 0 bridgehead atoms. The van der Waals surface area contributed by atoms with Gasteiger partial charge in [-0.3, -0.25) is 9.78 Å². The van der Waals surface area contributed by atoms with E-state index in [1.807, 2.05) is 6.92 Å². The van der Waals surface area contributed by atoms with Crippen LogP contribution in [0.25, 0.3) is 0 Å². The molecule has 37 heavy (non-hydrogen) atoms. The lowest BCUT2D eigenvalue weighted by molar-refractivity contribution is -0.125. The van der Waals surface area contributed by atoms with Crippen LogP contribution in [0.2, 0.25) is 10.1 Å². The molecule has 1 aliphatic heterocycles. The van der Waals surface area contributed by atoms with Crippen molar-refractivity contribution in [2.24, 2.45) is 10.5 Å². The Kier molecular flexibility index (Phi) is 6.86. The zero-order chi connectivity index (χ0) is 26.3. The van der Waals surface area contributed by atoms with E-state index in [4.69, 9.17) is 16.0 Å². The number of hydrogen-bond acceptors (Lipinski definition) is 4. The van der Waals surface area contributed by atoms with E-state index in [1.54, 1.807) is 18.5 Å². The van der Waals surface area contributed by atoms with Crippen LogP contribution in [0.4, 0.5) is 5.69 Å². The fourth-order valence-corrected chi connectivity index (χ4v) is 11.0. The fourth-order valence-electron chi connectivity index (χ4n) is 6.07. The van der Waals surface area contributed by atoms with Crippen molar-refractivity contribution in [3.63, 3.8) is 0 Å². The summed E-state index contributed by atoms with van der Waals surface area (Å²) >= 11 is 6.36. The highest BCUT2D eigenvalue weighted by Gasteiger charge is 2.55. The number of carbonyl (C=O) groups is 1. The molecule has 1 aliphatic carbocycles. The molecule has 0 saturated heterocycles. The van der Waals surface area contributed by atoms with Crippen molar-refractivity contribution in [3.8, 4) is 0 Å². The summed E-state index contributed by atoms with van der Waals surface area (Å²) in [5, 5.41) is 9.04. The van der Waals surface area contributed by atoms with Crippen molar-refractivity contribution in [1.29, 1.82) is 0 Å². The van der Waals surface area contributed by atoms with Crippen molar-refractivity contribution in [3.05, 3.63) is 84.1 Å². The highest BCUT2D eigenvalue weighted by molar-refractivity contribution is 6.99. The van der Waals surface area contributed by atoms with Gasteiger partial charge in [-0.25, -0.2) is 0 Å². The fraction of sp³-hybridized carbons (Fsp3) is 0.367. The molecule has 1 fully saturated rings. The van der Waals surface area contributed by atoms with Crippen LogP contribution in [0.3, 0.4) is 0 Å². The molecular weight excluding hydrogens is 498 g/mol. The van der Waals surface area contributed by atoms with Gasteiger partial charge in [0.25, 0.3) is 14.2 Å². The van der Waals surface area contributed by atoms with Gasteiger partial charge in [-0.2, -0.15) is 10.1 Å². The summed E-state index contributed by atoms with van der Waals surface area (Å²) < 4.78 is 7.36. The largest absolute Gasteiger partial charge is 0.404 e. The normalized spacial score (nSPS) is 22.4. The number of amides is 1. The Morgan fingerprint density at radius 3 is 2.05 bits per heavy atom. The van der Waals surface area contributed by atoms with Crippen molar-refractivity contribution < 1.29 is 9.22 Å². The number of hydrazone groups is 1. The lowest BCUT2D eigenvalue weighted by atomic mass is 9.70. The predicted octanol–water partition coefficient (Wildman–Crippen LogP) is 5.96. The third-order valence-electron chi connectivity index (χ3n) is 8.07. The molecule has 5 rings (SSSR count). The molecule has 7 heteroatoms. The van der Waals surface area contributed by atoms with Crippen molar-refractivity contribution >= 4 is 47.6 Å². The molecule has 1 amide bonds. The number of aromatic nitrogens is 1. The predicted molar refractivity (Wildman–Crippen MR) is 153 cm³/mol. The number of anilines is 1. The molecule has 1 aromatic heterocycles. The monoisotopic (exact) mass is 531 g/mol. The van der Waals surface area contributed by atoms with Gasteiger partial charge in [-0.05, 0) is 54.1 Å². The molecule has 2 heterocycles. The van der Waals surface area contributed by atoms with Crippen LogP contribution in [0, 0.1) is 5.41 Å². The molecule has 5 nitrogen and oxygen atoms in total. The maximum atomic E-state index is 13.7. The lowest BCUT2D eigenvalue weighted by Crippen LogP contribution is -2.68. The minimum absolute atomic E-state index is 0.00185. The molecule has 0 radical (unpaired) electrons. The SMILES string of the molecule is CC1=NN(c2ccncc2Cl)C(=O)C12CCC(O[Si](c1ccccc1)(c1ccccc1)C(C)(C)C)CC2. The number of pyridine rings is 1. The number of halogens is 1. The molecule has 2 aromatic carbocycles. The van der Waals surface area contributed by atoms with Gasteiger partial charge < -0.3 is 4.43 Å². The van der Waals surface area contributed by atoms with Gasteiger partial charge in [0.2, 0.25) is 0 Å². The van der Waals surface area contributed by atoms with Crippen LogP contribution in [0.15, 0.2) is 84.2 Å². The van der Waals surface area contributed by atoms with E-state index in [2.05, 4.69) is 91.5 Å². The topological polar surface area (TPSA) is 54.8 Å². The molecule has 2 aliphatic rings. The van der Waals surface area contributed by atoms with Gasteiger partial charge in [-0.15, -0.1) is 0 Å². The van der Waals surface area contributed by atoms with E-state index in [0.717, 1.165) is 18.6 Å². The average Bonchev–Trinajstić information content (AvgIpc) is 3.13. The summed E-state index contributed by atoms with van der Waals surface area (Å²) in [6.45, 7) is 8.88. The van der Waals surface area contributed by atoms with Crippen LogP contribution in [0.1, 0.15) is 53.4 Å². The second kappa shape index (κ2) is 9.82. The van der Waals surface area contributed by atoms with Crippen LogP contribution in [0.5, 0.6) is 0 Å². The first kappa shape index (κ1) is 25.8. The van der Waals surface area contributed by atoms with E-state index in [-0.39, 0.29) is 17.0 Å². The zero-order valence-corrected chi connectivity index (χ0v) is 23.7. The highest BCUT2D eigenvalue weighted by atomic mass is 35.5. The molecule has 192 valence electrons. The van der Waals surface area contributed by atoms with Gasteiger partial charge >= 0.3 is 0 Å². The second-order valence-corrected chi connectivity index (χ2v) is 15.9. The Balaban J connectivity index is 1.44. The Morgan fingerprint density at radius 2 is 1.54 bits per heavy atom. The summed E-state index contributed by atoms with van der Waals surface area (Å²) in [6.07, 6.45) is 6.29. The van der Waals surface area contributed by atoms with E-state index in [9.17, 15) is 4.79 Å². The number of hydrogen-bond donors (Lipinski definition) is 0. The standard InChI is InChI=1S/C30H34ClN3O2Si/c1-22-30(28(35)34(33-22)27-17-20-32-21-26(27)31)18-15-23(16-19-30)36-37(29(2,3)4,24-11-7-5-8-12-24)25-13-9-6-10-14-25/h5-14,17,20-21,23H,15-16,18-19H2,1-4H3. The number of rotatable bonds is 5. The maximum Gasteiger partial charge on any atom is 0.261 e. The number of nitrogens with zero attached hydrogens (tertiary/aromatic N) is 3. The Bertz CT molecular complexity index is 1260. The minimum atomic E-state index is -2.65. The minimum Gasteiger partial charge on any atom is -0.404 e. The van der Waals surface area contributed by atoms with Crippen LogP contribution in [-0.4, -0.2) is 31.0 Å². The maximum absolute atomic E-state index is 13.7. The van der Waals surface area contributed by atoms with Gasteiger partial charge in [0.1, 0.15) is 0 Å². The quantitative estimate of drug-likeness (QED) is 0.381. The van der Waals surface area contributed by atoms with Gasteiger partial charge in [0, 0.05) is 18.5 Å². The summed E-state index contributed by atoms with van der Waals surface area (Å²) in [5.74, 6) is 0.00185. The Hall–Kier alpha value is -2.80. The van der Waals surface area contributed by atoms with Crippen LogP contribution < -0.4 is 15.4 Å². The molecule has 0 N–H and O–H groups in total. The van der Waals surface area contributed by atoms with Crippen LogP contribution >= 0.6 is 11.6 Å². The molecule has 0 atom stereocenters. The first-order chi connectivity index (χ1) is 17.7. The number of benzene rings is 2. The van der Waals surface area contributed by atoms with Crippen molar-refractivity contribution in [2.45, 2.75) is 64.5 Å². The average molecular weight is 532 g/mol. The highest BCUT2D eigenvalue weighted by Crippen LogP contribution is 2.47.